The van der Waals surface area contributed by atoms with Crippen molar-refractivity contribution in [1.29, 1.82) is 0 Å². The van der Waals surface area contributed by atoms with Crippen LogP contribution in [-0.4, -0.2) is 38.1 Å². The van der Waals surface area contributed by atoms with Gasteiger partial charge in [0.05, 0.1) is 26.9 Å². The second-order valence-corrected chi connectivity index (χ2v) is 7.93. The highest BCUT2D eigenvalue weighted by Gasteiger charge is 2.47. The third kappa shape index (κ3) is 3.58. The molecule has 0 spiro atoms. The van der Waals surface area contributed by atoms with Crippen molar-refractivity contribution in [2.45, 2.75) is 6.04 Å². The van der Waals surface area contributed by atoms with Crippen LogP contribution in [0.2, 0.25) is 0 Å². The lowest BCUT2D eigenvalue weighted by Gasteiger charge is -2.24. The van der Waals surface area contributed by atoms with Crippen molar-refractivity contribution in [3.63, 3.8) is 0 Å². The maximum absolute atomic E-state index is 13.1. The van der Waals surface area contributed by atoms with Crippen molar-refractivity contribution in [1.82, 2.24) is 0 Å². The fourth-order valence-corrected chi connectivity index (χ4v) is 4.52. The summed E-state index contributed by atoms with van der Waals surface area (Å²) in [5.41, 5.74) is 0.884. The van der Waals surface area contributed by atoms with Crippen LogP contribution in [0.3, 0.4) is 0 Å². The van der Waals surface area contributed by atoms with E-state index in [0.29, 0.717) is 28.5 Å². The van der Waals surface area contributed by atoms with Crippen LogP contribution in [0, 0.1) is 0 Å². The van der Waals surface area contributed by atoms with Crippen molar-refractivity contribution < 1.29 is 28.9 Å². The lowest BCUT2D eigenvalue weighted by Crippen LogP contribution is -2.29. The molecule has 1 atom stereocenters. The van der Waals surface area contributed by atoms with Gasteiger partial charge in [-0.25, -0.2) is 0 Å². The summed E-state index contributed by atoms with van der Waals surface area (Å²) in [6, 6.07) is 14.6. The Balaban J connectivity index is 1.88. The molecule has 1 amide bonds. The highest BCUT2D eigenvalue weighted by molar-refractivity contribution is 7.10. The fourth-order valence-electron chi connectivity index (χ4n) is 3.70. The zero-order valence-electron chi connectivity index (χ0n) is 17.7. The highest BCUT2D eigenvalue weighted by atomic mass is 32.1. The van der Waals surface area contributed by atoms with Crippen molar-refractivity contribution in [2.75, 3.05) is 26.2 Å². The quantitative estimate of drug-likeness (QED) is 0.340. The molecule has 32 heavy (non-hydrogen) atoms. The van der Waals surface area contributed by atoms with Gasteiger partial charge in [0.1, 0.15) is 17.6 Å². The third-order valence-corrected chi connectivity index (χ3v) is 6.19. The van der Waals surface area contributed by atoms with Crippen LogP contribution in [0.4, 0.5) is 5.69 Å². The van der Waals surface area contributed by atoms with Gasteiger partial charge in [-0.15, -0.1) is 11.3 Å². The van der Waals surface area contributed by atoms with Gasteiger partial charge in [-0.05, 0) is 53.9 Å². The summed E-state index contributed by atoms with van der Waals surface area (Å²) >= 11 is 1.40. The molecular weight excluding hydrogens is 430 g/mol. The summed E-state index contributed by atoms with van der Waals surface area (Å²) in [7, 11) is 4.54. The largest absolute Gasteiger partial charge is 0.507 e. The summed E-state index contributed by atoms with van der Waals surface area (Å²) in [6.07, 6.45) is 0. The highest BCUT2D eigenvalue weighted by Crippen LogP contribution is 2.44. The second kappa shape index (κ2) is 8.76. The van der Waals surface area contributed by atoms with Crippen molar-refractivity contribution in [2.24, 2.45) is 0 Å². The van der Waals surface area contributed by atoms with Crippen molar-refractivity contribution in [3.8, 4) is 17.2 Å². The molecule has 4 rings (SSSR count). The summed E-state index contributed by atoms with van der Waals surface area (Å²) in [5, 5.41) is 13.0. The van der Waals surface area contributed by atoms with E-state index in [4.69, 9.17) is 14.2 Å². The summed E-state index contributed by atoms with van der Waals surface area (Å²) < 4.78 is 15.8. The van der Waals surface area contributed by atoms with Crippen LogP contribution >= 0.6 is 11.3 Å². The molecule has 2 aromatic carbocycles. The molecule has 1 N–H and O–H groups in total. The van der Waals surface area contributed by atoms with Gasteiger partial charge >= 0.3 is 0 Å². The number of anilines is 1. The first-order chi connectivity index (χ1) is 15.5. The molecule has 1 saturated heterocycles. The standard InChI is InChI=1S/C24H21NO6S/c1-29-16-9-7-15(8-10-16)25-21(19-5-4-12-32-19)20(23(27)24(25)28)22(26)14-6-11-17(30-2)18(13-14)31-3/h4-13,21,26H,1-3H3/b22-20-. The average molecular weight is 452 g/mol. The Kier molecular flexibility index (Phi) is 5.87. The van der Waals surface area contributed by atoms with E-state index in [0.717, 1.165) is 4.88 Å². The van der Waals surface area contributed by atoms with Gasteiger partial charge in [0, 0.05) is 16.1 Å². The van der Waals surface area contributed by atoms with E-state index in [1.807, 2.05) is 17.5 Å². The zero-order chi connectivity index (χ0) is 22.8. The van der Waals surface area contributed by atoms with E-state index < -0.39 is 17.7 Å². The lowest BCUT2D eigenvalue weighted by atomic mass is 9.99. The molecule has 7 nitrogen and oxygen atoms in total. The molecule has 0 aliphatic carbocycles. The normalized spacial score (nSPS) is 17.5. The maximum Gasteiger partial charge on any atom is 0.300 e. The average Bonchev–Trinajstić information content (AvgIpc) is 3.45. The van der Waals surface area contributed by atoms with Crippen LogP contribution in [0.25, 0.3) is 5.76 Å². The number of benzene rings is 2. The second-order valence-electron chi connectivity index (χ2n) is 6.95. The molecule has 1 aromatic heterocycles. The third-order valence-electron chi connectivity index (χ3n) is 5.26. The Labute approximate surface area is 189 Å². The van der Waals surface area contributed by atoms with Crippen molar-refractivity contribution in [3.05, 3.63) is 76.0 Å². The number of ether oxygens (including phenoxy) is 3. The smallest absolute Gasteiger partial charge is 0.300 e. The van der Waals surface area contributed by atoms with Crippen LogP contribution in [-0.2, 0) is 9.59 Å². The minimum absolute atomic E-state index is 0.0143. The minimum atomic E-state index is -0.767. The molecule has 164 valence electrons. The van der Waals surface area contributed by atoms with E-state index >= 15 is 0 Å². The molecule has 1 aliphatic rings. The van der Waals surface area contributed by atoms with Crippen LogP contribution in [0.15, 0.2) is 65.6 Å². The number of aliphatic hydroxyl groups excluding tert-OH is 1. The number of nitrogens with zero attached hydrogens (tertiary/aromatic N) is 1. The Morgan fingerprint density at radius 3 is 2.25 bits per heavy atom. The molecule has 0 saturated carbocycles. The number of Topliss-reactive ketones (excluding diaryl/α,β-unsaturated/α-hetero) is 1. The van der Waals surface area contributed by atoms with Gasteiger partial charge in [-0.2, -0.15) is 0 Å². The van der Waals surface area contributed by atoms with E-state index in [1.54, 1.807) is 49.6 Å². The van der Waals surface area contributed by atoms with E-state index in [9.17, 15) is 14.7 Å². The molecule has 3 aromatic rings. The molecule has 1 aliphatic heterocycles. The Bertz CT molecular complexity index is 1180. The summed E-state index contributed by atoms with van der Waals surface area (Å²) in [6.45, 7) is 0. The monoisotopic (exact) mass is 451 g/mol. The Hall–Kier alpha value is -3.78. The first kappa shape index (κ1) is 21.5. The van der Waals surface area contributed by atoms with Gasteiger partial charge in [0.2, 0.25) is 0 Å². The van der Waals surface area contributed by atoms with E-state index in [2.05, 4.69) is 0 Å². The number of hydrogen-bond acceptors (Lipinski definition) is 7. The van der Waals surface area contributed by atoms with Gasteiger partial charge < -0.3 is 19.3 Å². The number of aliphatic hydroxyl groups is 1. The van der Waals surface area contributed by atoms with E-state index in [1.165, 1.54) is 30.5 Å². The number of carbonyl (C=O) groups is 2. The number of rotatable bonds is 6. The number of carbonyl (C=O) groups excluding carboxylic acids is 2. The fraction of sp³-hybridized carbons (Fsp3) is 0.167. The minimum Gasteiger partial charge on any atom is -0.507 e. The van der Waals surface area contributed by atoms with E-state index in [-0.39, 0.29) is 11.3 Å². The van der Waals surface area contributed by atoms with Gasteiger partial charge in [0.15, 0.2) is 11.5 Å². The van der Waals surface area contributed by atoms with Crippen LogP contribution in [0.1, 0.15) is 16.5 Å². The zero-order valence-corrected chi connectivity index (χ0v) is 18.5. The van der Waals surface area contributed by atoms with Gasteiger partial charge in [-0.1, -0.05) is 6.07 Å². The molecule has 8 heteroatoms. The number of thiophene rings is 1. The van der Waals surface area contributed by atoms with Gasteiger partial charge in [0.25, 0.3) is 11.7 Å². The Morgan fingerprint density at radius 2 is 1.66 bits per heavy atom. The van der Waals surface area contributed by atoms with Crippen molar-refractivity contribution >= 4 is 34.5 Å². The molecule has 2 heterocycles. The first-order valence-corrected chi connectivity index (χ1v) is 10.6. The topological polar surface area (TPSA) is 85.3 Å². The molecule has 1 unspecified atom stereocenters. The predicted octanol–water partition coefficient (Wildman–Crippen LogP) is 4.40. The van der Waals surface area contributed by atoms with Crippen LogP contribution < -0.4 is 19.1 Å². The number of methoxy groups -OCH3 is 3. The van der Waals surface area contributed by atoms with Gasteiger partial charge in [-0.3, -0.25) is 14.5 Å². The number of ketones is 1. The molecular formula is C24H21NO6S. The lowest BCUT2D eigenvalue weighted by molar-refractivity contribution is -0.132. The molecule has 0 bridgehead atoms. The molecule has 1 fully saturated rings. The molecule has 0 radical (unpaired) electrons. The first-order valence-electron chi connectivity index (χ1n) is 9.71. The Morgan fingerprint density at radius 1 is 0.938 bits per heavy atom. The summed E-state index contributed by atoms with van der Waals surface area (Å²) in [4.78, 5) is 28.4. The predicted molar refractivity (Wildman–Crippen MR) is 122 cm³/mol. The van der Waals surface area contributed by atoms with Crippen LogP contribution in [0.5, 0.6) is 17.2 Å². The number of hydrogen-bond donors (Lipinski definition) is 1. The summed E-state index contributed by atoms with van der Waals surface area (Å²) in [5.74, 6) is -0.240. The maximum atomic E-state index is 13.1. The number of amides is 1. The SMILES string of the molecule is COc1ccc(N2C(=O)C(=O)/C(=C(\O)c3ccc(OC)c(OC)c3)C2c2cccs2)cc1.